The summed E-state index contributed by atoms with van der Waals surface area (Å²) in [5.74, 6) is 0.710. The highest BCUT2D eigenvalue weighted by atomic mass is 16.5. The van der Waals surface area contributed by atoms with Crippen molar-refractivity contribution in [3.05, 3.63) is 46.5 Å². The van der Waals surface area contributed by atoms with Crippen molar-refractivity contribution in [2.45, 2.75) is 13.3 Å². The molecule has 0 aliphatic rings. The summed E-state index contributed by atoms with van der Waals surface area (Å²) >= 11 is 0. The van der Waals surface area contributed by atoms with E-state index in [4.69, 9.17) is 10.5 Å². The van der Waals surface area contributed by atoms with Gasteiger partial charge in [-0.25, -0.2) is 4.98 Å². The maximum Gasteiger partial charge on any atom is 0.295 e. The maximum absolute atomic E-state index is 11.9. The maximum atomic E-state index is 11.9. The Morgan fingerprint density at radius 1 is 1.38 bits per heavy atom. The van der Waals surface area contributed by atoms with Crippen LogP contribution in [0.3, 0.4) is 0 Å². The van der Waals surface area contributed by atoms with Crippen LogP contribution in [0, 0.1) is 6.92 Å². The molecule has 6 nitrogen and oxygen atoms in total. The lowest BCUT2D eigenvalue weighted by molar-refractivity contribution is 0.406. The first-order valence-corrected chi connectivity index (χ1v) is 6.84. The van der Waals surface area contributed by atoms with Crippen LogP contribution in [0.4, 0.5) is 11.5 Å². The van der Waals surface area contributed by atoms with E-state index in [1.165, 1.54) is 13.4 Å². The van der Waals surface area contributed by atoms with Crippen molar-refractivity contribution in [3.63, 3.8) is 0 Å². The molecule has 2 aromatic rings. The number of rotatable bonds is 6. The number of aromatic amines is 1. The van der Waals surface area contributed by atoms with E-state index in [2.05, 4.69) is 9.97 Å². The summed E-state index contributed by atoms with van der Waals surface area (Å²) in [6.07, 6.45) is 2.17. The fourth-order valence-electron chi connectivity index (χ4n) is 2.21. The van der Waals surface area contributed by atoms with Gasteiger partial charge in [-0.15, -0.1) is 0 Å². The van der Waals surface area contributed by atoms with Gasteiger partial charge in [-0.3, -0.25) is 4.79 Å². The first kappa shape index (κ1) is 15.1. The molecule has 2 rings (SSSR count). The Bertz CT molecular complexity index is 654. The monoisotopic (exact) mass is 288 g/mol. The summed E-state index contributed by atoms with van der Waals surface area (Å²) in [4.78, 5) is 20.7. The Labute approximate surface area is 123 Å². The molecule has 112 valence electrons. The third-order valence-corrected chi connectivity index (χ3v) is 3.24. The molecule has 0 aliphatic heterocycles. The number of aryl methyl sites for hydroxylation is 1. The molecule has 0 fully saturated rings. The zero-order valence-corrected chi connectivity index (χ0v) is 12.3. The van der Waals surface area contributed by atoms with Crippen molar-refractivity contribution in [1.29, 1.82) is 0 Å². The van der Waals surface area contributed by atoms with Crippen LogP contribution in [0.1, 0.15) is 12.0 Å². The highest BCUT2D eigenvalue weighted by Crippen LogP contribution is 2.31. The molecule has 0 radical (unpaired) electrons. The Morgan fingerprint density at radius 2 is 2.14 bits per heavy atom. The van der Waals surface area contributed by atoms with Crippen LogP contribution in [0.5, 0.6) is 5.75 Å². The minimum atomic E-state index is -0.297. The van der Waals surface area contributed by atoms with E-state index in [1.807, 2.05) is 36.1 Å². The van der Waals surface area contributed by atoms with Crippen molar-refractivity contribution >= 4 is 11.5 Å². The molecular formula is C15H20N4O2. The van der Waals surface area contributed by atoms with Gasteiger partial charge < -0.3 is 20.4 Å². The number of hydrogen-bond acceptors (Lipinski definition) is 5. The number of nitrogens with two attached hydrogens (primary N) is 1. The van der Waals surface area contributed by atoms with Gasteiger partial charge in [-0.05, 0) is 31.5 Å². The molecule has 21 heavy (non-hydrogen) atoms. The van der Waals surface area contributed by atoms with Crippen molar-refractivity contribution in [1.82, 2.24) is 9.97 Å². The Morgan fingerprint density at radius 3 is 2.81 bits per heavy atom. The van der Waals surface area contributed by atoms with Gasteiger partial charge in [0.05, 0.1) is 13.4 Å². The highest BCUT2D eigenvalue weighted by Gasteiger charge is 2.19. The Kier molecular flexibility index (Phi) is 4.94. The standard InChI is InChI=1S/C15H20N4O2/c1-11-6-3-4-7-12(11)19(9-5-8-16)14-13(21-2)15(20)18-10-17-14/h3-4,6-7,10H,5,8-9,16H2,1-2H3,(H,17,18,20). The number of nitrogens with one attached hydrogen (secondary N) is 1. The zero-order valence-electron chi connectivity index (χ0n) is 12.3. The molecule has 1 heterocycles. The molecule has 0 spiro atoms. The van der Waals surface area contributed by atoms with Crippen LogP contribution in [0.2, 0.25) is 0 Å². The molecule has 0 atom stereocenters. The van der Waals surface area contributed by atoms with E-state index in [0.29, 0.717) is 18.9 Å². The third kappa shape index (κ3) is 3.22. The number of nitrogens with zero attached hydrogens (tertiary/aromatic N) is 2. The van der Waals surface area contributed by atoms with Gasteiger partial charge in [0, 0.05) is 12.2 Å². The number of H-pyrrole nitrogens is 1. The Hall–Kier alpha value is -2.34. The quantitative estimate of drug-likeness (QED) is 0.843. The second-order valence-electron chi connectivity index (χ2n) is 4.67. The average molecular weight is 288 g/mol. The van der Waals surface area contributed by atoms with E-state index in [9.17, 15) is 4.79 Å². The number of aromatic nitrogens is 2. The number of hydrogen-bond donors (Lipinski definition) is 2. The normalized spacial score (nSPS) is 10.4. The predicted octanol–water partition coefficient (Wildman–Crippen LogP) is 1.57. The second kappa shape index (κ2) is 6.90. The number of benzene rings is 1. The summed E-state index contributed by atoms with van der Waals surface area (Å²) < 4.78 is 5.22. The summed E-state index contributed by atoms with van der Waals surface area (Å²) in [7, 11) is 1.47. The summed E-state index contributed by atoms with van der Waals surface area (Å²) in [6.45, 7) is 3.24. The SMILES string of the molecule is COc1c(N(CCCN)c2ccccc2C)nc[nH]c1=O. The van der Waals surface area contributed by atoms with Gasteiger partial charge in [0.1, 0.15) is 0 Å². The minimum absolute atomic E-state index is 0.206. The van der Waals surface area contributed by atoms with Crippen molar-refractivity contribution in [2.75, 3.05) is 25.1 Å². The van der Waals surface area contributed by atoms with Crippen molar-refractivity contribution in [3.8, 4) is 5.75 Å². The van der Waals surface area contributed by atoms with Gasteiger partial charge in [-0.2, -0.15) is 0 Å². The summed E-state index contributed by atoms with van der Waals surface area (Å²) in [6, 6.07) is 7.94. The van der Waals surface area contributed by atoms with Gasteiger partial charge >= 0.3 is 0 Å². The van der Waals surface area contributed by atoms with Crippen LogP contribution in [-0.2, 0) is 0 Å². The molecule has 0 bridgehead atoms. The predicted molar refractivity (Wildman–Crippen MR) is 83.3 cm³/mol. The molecule has 0 amide bonds. The van der Waals surface area contributed by atoms with Gasteiger partial charge in [0.25, 0.3) is 5.56 Å². The first-order valence-electron chi connectivity index (χ1n) is 6.84. The largest absolute Gasteiger partial charge is 0.488 e. The molecule has 0 unspecified atom stereocenters. The fourth-order valence-corrected chi connectivity index (χ4v) is 2.21. The van der Waals surface area contributed by atoms with Crippen LogP contribution in [0.15, 0.2) is 35.4 Å². The van der Waals surface area contributed by atoms with E-state index in [-0.39, 0.29) is 11.3 Å². The molecule has 1 aromatic heterocycles. The molecule has 6 heteroatoms. The molecular weight excluding hydrogens is 268 g/mol. The zero-order chi connectivity index (χ0) is 15.2. The molecule has 3 N–H and O–H groups in total. The minimum Gasteiger partial charge on any atom is -0.488 e. The van der Waals surface area contributed by atoms with Crippen LogP contribution >= 0.6 is 0 Å². The number of methoxy groups -OCH3 is 1. The first-order chi connectivity index (χ1) is 10.2. The average Bonchev–Trinajstić information content (AvgIpc) is 2.49. The highest BCUT2D eigenvalue weighted by molar-refractivity contribution is 5.67. The molecule has 0 aliphatic carbocycles. The summed E-state index contributed by atoms with van der Waals surface area (Å²) in [5, 5.41) is 0. The van der Waals surface area contributed by atoms with Crippen LogP contribution < -0.4 is 20.9 Å². The van der Waals surface area contributed by atoms with Gasteiger partial charge in [0.15, 0.2) is 5.82 Å². The smallest absolute Gasteiger partial charge is 0.295 e. The third-order valence-electron chi connectivity index (χ3n) is 3.24. The molecule has 1 aromatic carbocycles. The van der Waals surface area contributed by atoms with E-state index >= 15 is 0 Å². The number of ether oxygens (including phenoxy) is 1. The Balaban J connectivity index is 2.54. The number of para-hydroxylation sites is 1. The van der Waals surface area contributed by atoms with Gasteiger partial charge in [-0.1, -0.05) is 18.2 Å². The van der Waals surface area contributed by atoms with Crippen LogP contribution in [-0.4, -0.2) is 30.2 Å². The van der Waals surface area contributed by atoms with E-state index in [1.54, 1.807) is 0 Å². The second-order valence-corrected chi connectivity index (χ2v) is 4.67. The lowest BCUT2D eigenvalue weighted by atomic mass is 10.1. The van der Waals surface area contributed by atoms with E-state index in [0.717, 1.165) is 17.7 Å². The molecule has 0 saturated carbocycles. The van der Waals surface area contributed by atoms with E-state index < -0.39 is 0 Å². The topological polar surface area (TPSA) is 84.2 Å². The lowest BCUT2D eigenvalue weighted by Crippen LogP contribution is -2.25. The van der Waals surface area contributed by atoms with Crippen molar-refractivity contribution in [2.24, 2.45) is 5.73 Å². The van der Waals surface area contributed by atoms with Crippen LogP contribution in [0.25, 0.3) is 0 Å². The summed E-state index contributed by atoms with van der Waals surface area (Å²) in [5.41, 5.74) is 7.41. The fraction of sp³-hybridized carbons (Fsp3) is 0.333. The van der Waals surface area contributed by atoms with Crippen molar-refractivity contribution < 1.29 is 4.74 Å². The number of anilines is 2. The molecule has 0 saturated heterocycles. The van der Waals surface area contributed by atoms with Gasteiger partial charge in [0.2, 0.25) is 5.75 Å². The lowest BCUT2D eigenvalue weighted by Gasteiger charge is -2.26.